The van der Waals surface area contributed by atoms with Crippen molar-refractivity contribution in [2.75, 3.05) is 13.3 Å². The maximum Gasteiger partial charge on any atom is 0.250 e. The van der Waals surface area contributed by atoms with Crippen molar-refractivity contribution in [3.8, 4) is 11.5 Å². The molecule has 0 radical (unpaired) electrons. The molecular formula is C24H25FN2O4. The van der Waals surface area contributed by atoms with E-state index < -0.39 is 6.04 Å². The monoisotopic (exact) mass is 424 g/mol. The first-order valence-electron chi connectivity index (χ1n) is 10.8. The number of fused-ring (bicyclic) bond motifs is 1. The van der Waals surface area contributed by atoms with E-state index in [4.69, 9.17) is 9.47 Å². The SMILES string of the molecule is O=C1[C@H](c2ccc(F)cc2)N(Cc2ccc3c(c2)OCO3)C(=O)CN1C1CCCCC1. The van der Waals surface area contributed by atoms with Crippen molar-refractivity contribution in [3.05, 3.63) is 59.4 Å². The zero-order valence-electron chi connectivity index (χ0n) is 17.3. The third-order valence-electron chi connectivity index (χ3n) is 6.45. The molecule has 0 aromatic heterocycles. The van der Waals surface area contributed by atoms with Crippen LogP contribution >= 0.6 is 0 Å². The molecule has 5 rings (SSSR count). The summed E-state index contributed by atoms with van der Waals surface area (Å²) in [6.07, 6.45) is 5.17. The van der Waals surface area contributed by atoms with E-state index in [0.29, 0.717) is 17.1 Å². The number of nitrogens with zero attached hydrogens (tertiary/aromatic N) is 2. The van der Waals surface area contributed by atoms with E-state index >= 15 is 0 Å². The highest BCUT2D eigenvalue weighted by atomic mass is 19.1. The number of piperazine rings is 1. The first-order valence-corrected chi connectivity index (χ1v) is 10.8. The van der Waals surface area contributed by atoms with Crippen LogP contribution in [-0.4, -0.2) is 41.0 Å². The van der Waals surface area contributed by atoms with Gasteiger partial charge in [-0.15, -0.1) is 0 Å². The molecule has 6 nitrogen and oxygen atoms in total. The van der Waals surface area contributed by atoms with Crippen LogP contribution in [0.3, 0.4) is 0 Å². The van der Waals surface area contributed by atoms with Gasteiger partial charge < -0.3 is 19.3 Å². The fourth-order valence-electron chi connectivity index (χ4n) is 4.83. The van der Waals surface area contributed by atoms with Gasteiger partial charge in [-0.2, -0.15) is 0 Å². The third kappa shape index (κ3) is 3.84. The smallest absolute Gasteiger partial charge is 0.250 e. The second-order valence-electron chi connectivity index (χ2n) is 8.42. The van der Waals surface area contributed by atoms with E-state index in [1.54, 1.807) is 21.9 Å². The number of amides is 2. The molecule has 0 N–H and O–H groups in total. The van der Waals surface area contributed by atoms with Crippen LogP contribution in [-0.2, 0) is 16.1 Å². The van der Waals surface area contributed by atoms with Crippen molar-refractivity contribution in [1.29, 1.82) is 0 Å². The molecular weight excluding hydrogens is 399 g/mol. The van der Waals surface area contributed by atoms with Crippen LogP contribution in [0.2, 0.25) is 0 Å². The van der Waals surface area contributed by atoms with Crippen molar-refractivity contribution < 1.29 is 23.5 Å². The van der Waals surface area contributed by atoms with Gasteiger partial charge in [-0.05, 0) is 48.2 Å². The van der Waals surface area contributed by atoms with E-state index in [1.165, 1.54) is 18.6 Å². The van der Waals surface area contributed by atoms with E-state index in [1.807, 2.05) is 18.2 Å². The number of carbonyl (C=O) groups excluding carboxylic acids is 2. The van der Waals surface area contributed by atoms with Gasteiger partial charge in [-0.25, -0.2) is 4.39 Å². The molecule has 7 heteroatoms. The van der Waals surface area contributed by atoms with Crippen molar-refractivity contribution in [1.82, 2.24) is 9.80 Å². The Bertz CT molecular complexity index is 988. The summed E-state index contributed by atoms with van der Waals surface area (Å²) < 4.78 is 24.4. The van der Waals surface area contributed by atoms with Crippen molar-refractivity contribution in [2.24, 2.45) is 0 Å². The minimum Gasteiger partial charge on any atom is -0.454 e. The van der Waals surface area contributed by atoms with Crippen LogP contribution in [0.15, 0.2) is 42.5 Å². The highest BCUT2D eigenvalue weighted by Crippen LogP contribution is 2.36. The Morgan fingerprint density at radius 1 is 0.935 bits per heavy atom. The lowest BCUT2D eigenvalue weighted by Crippen LogP contribution is -2.58. The molecule has 2 aliphatic heterocycles. The topological polar surface area (TPSA) is 59.1 Å². The normalized spacial score (nSPS) is 21.6. The average molecular weight is 424 g/mol. The van der Waals surface area contributed by atoms with E-state index in [-0.39, 0.29) is 43.6 Å². The predicted octanol–water partition coefficient (Wildman–Crippen LogP) is 3.80. The second-order valence-corrected chi connectivity index (χ2v) is 8.42. The van der Waals surface area contributed by atoms with E-state index in [9.17, 15) is 14.0 Å². The second kappa shape index (κ2) is 8.21. The minimum atomic E-state index is -0.769. The lowest BCUT2D eigenvalue weighted by molar-refractivity contribution is -0.160. The molecule has 2 aromatic rings. The van der Waals surface area contributed by atoms with Crippen molar-refractivity contribution >= 4 is 11.8 Å². The Balaban J connectivity index is 1.47. The first kappa shape index (κ1) is 19.8. The fraction of sp³-hybridized carbons (Fsp3) is 0.417. The van der Waals surface area contributed by atoms with Gasteiger partial charge in [-0.3, -0.25) is 9.59 Å². The fourth-order valence-corrected chi connectivity index (χ4v) is 4.83. The highest BCUT2D eigenvalue weighted by molar-refractivity contribution is 5.95. The lowest BCUT2D eigenvalue weighted by Gasteiger charge is -2.44. The molecule has 0 spiro atoms. The van der Waals surface area contributed by atoms with Crippen molar-refractivity contribution in [3.63, 3.8) is 0 Å². The summed E-state index contributed by atoms with van der Waals surface area (Å²) in [4.78, 5) is 30.3. The molecule has 31 heavy (non-hydrogen) atoms. The molecule has 2 heterocycles. The number of hydrogen-bond acceptors (Lipinski definition) is 4. The summed E-state index contributed by atoms with van der Waals surface area (Å²) in [7, 11) is 0. The highest BCUT2D eigenvalue weighted by Gasteiger charge is 2.43. The van der Waals surface area contributed by atoms with E-state index in [0.717, 1.165) is 31.2 Å². The molecule has 3 aliphatic rings. The van der Waals surface area contributed by atoms with Gasteiger partial charge in [0.15, 0.2) is 11.5 Å². The van der Waals surface area contributed by atoms with Crippen LogP contribution < -0.4 is 9.47 Å². The summed E-state index contributed by atoms with van der Waals surface area (Å²) in [5, 5.41) is 0. The van der Waals surface area contributed by atoms with Gasteiger partial charge >= 0.3 is 0 Å². The minimum absolute atomic E-state index is 0.0844. The quantitative estimate of drug-likeness (QED) is 0.749. The van der Waals surface area contributed by atoms with Crippen LogP contribution in [0.1, 0.15) is 49.3 Å². The predicted molar refractivity (Wildman–Crippen MR) is 111 cm³/mol. The number of benzene rings is 2. The molecule has 2 amide bonds. The standard InChI is InChI=1S/C24H25FN2O4/c25-18-9-7-17(8-10-18)23-24(29)26(19-4-2-1-3-5-19)14-22(28)27(23)13-16-6-11-20-21(12-16)31-15-30-20/h6-12,19,23H,1-5,13-15H2/t23-/m0/s1. The number of hydrogen-bond donors (Lipinski definition) is 0. The van der Waals surface area contributed by atoms with Gasteiger partial charge in [0.25, 0.3) is 5.91 Å². The lowest BCUT2D eigenvalue weighted by atomic mass is 9.91. The van der Waals surface area contributed by atoms with Gasteiger partial charge in [0.2, 0.25) is 12.7 Å². The number of ether oxygens (including phenoxy) is 2. The van der Waals surface area contributed by atoms with Gasteiger partial charge in [0, 0.05) is 12.6 Å². The third-order valence-corrected chi connectivity index (χ3v) is 6.45. The maximum absolute atomic E-state index is 13.6. The summed E-state index contributed by atoms with van der Waals surface area (Å²) in [6.45, 7) is 0.530. The molecule has 1 atom stereocenters. The summed E-state index contributed by atoms with van der Waals surface area (Å²) >= 11 is 0. The number of carbonyl (C=O) groups is 2. The first-order chi connectivity index (χ1) is 15.1. The number of halogens is 1. The molecule has 162 valence electrons. The Labute approximate surface area is 180 Å². The van der Waals surface area contributed by atoms with Crippen LogP contribution in [0, 0.1) is 5.82 Å². The Kier molecular flexibility index (Phi) is 5.26. The number of rotatable bonds is 4. The molecule has 0 unspecified atom stereocenters. The Hall–Kier alpha value is -3.09. The van der Waals surface area contributed by atoms with E-state index in [2.05, 4.69) is 0 Å². The van der Waals surface area contributed by atoms with Crippen LogP contribution in [0.5, 0.6) is 11.5 Å². The maximum atomic E-state index is 13.6. The average Bonchev–Trinajstić information content (AvgIpc) is 3.26. The Morgan fingerprint density at radius 2 is 1.68 bits per heavy atom. The Morgan fingerprint density at radius 3 is 2.45 bits per heavy atom. The van der Waals surface area contributed by atoms with Crippen LogP contribution in [0.4, 0.5) is 4.39 Å². The zero-order chi connectivity index (χ0) is 21.4. The molecule has 1 aliphatic carbocycles. The van der Waals surface area contributed by atoms with Crippen molar-refractivity contribution in [2.45, 2.75) is 50.7 Å². The van der Waals surface area contributed by atoms with Gasteiger partial charge in [0.1, 0.15) is 18.4 Å². The molecule has 1 saturated carbocycles. The molecule has 0 bridgehead atoms. The summed E-state index contributed by atoms with van der Waals surface area (Å²) in [6, 6.07) is 10.7. The van der Waals surface area contributed by atoms with Crippen LogP contribution in [0.25, 0.3) is 0 Å². The summed E-state index contributed by atoms with van der Waals surface area (Å²) in [5.41, 5.74) is 1.48. The largest absolute Gasteiger partial charge is 0.454 e. The molecule has 1 saturated heterocycles. The van der Waals surface area contributed by atoms with Gasteiger partial charge in [0.05, 0.1) is 0 Å². The zero-order valence-corrected chi connectivity index (χ0v) is 17.3. The molecule has 2 fully saturated rings. The molecule has 2 aromatic carbocycles. The summed E-state index contributed by atoms with van der Waals surface area (Å²) in [5.74, 6) is 0.750. The van der Waals surface area contributed by atoms with Gasteiger partial charge in [-0.1, -0.05) is 37.5 Å².